The molecule has 10 heteroatoms. The summed E-state index contributed by atoms with van der Waals surface area (Å²) in [6, 6.07) is 15.3. The van der Waals surface area contributed by atoms with Crippen LogP contribution < -0.4 is 14.8 Å². The van der Waals surface area contributed by atoms with Crippen LogP contribution in [0.15, 0.2) is 58.9 Å². The van der Waals surface area contributed by atoms with Gasteiger partial charge in [-0.3, -0.25) is 10.1 Å². The van der Waals surface area contributed by atoms with Gasteiger partial charge in [-0.2, -0.15) is 0 Å². The quantitative estimate of drug-likeness (QED) is 0.529. The van der Waals surface area contributed by atoms with Crippen LogP contribution in [0.4, 0.5) is 5.13 Å². The number of nitrogens with zero attached hydrogens (tertiary/aromatic N) is 2. The number of hydrogen-bond donors (Lipinski definition) is 2. The zero-order valence-electron chi connectivity index (χ0n) is 15.8. The van der Waals surface area contributed by atoms with Gasteiger partial charge in [-0.05, 0) is 36.2 Å². The summed E-state index contributed by atoms with van der Waals surface area (Å²) in [6.45, 7) is 1.88. The lowest BCUT2D eigenvalue weighted by Gasteiger charge is -2.16. The molecule has 29 heavy (non-hydrogen) atoms. The van der Waals surface area contributed by atoms with Crippen LogP contribution in [-0.4, -0.2) is 31.6 Å². The Labute approximate surface area is 173 Å². The molecule has 1 heterocycles. The zero-order chi connectivity index (χ0) is 20.9. The Morgan fingerprint density at radius 2 is 1.79 bits per heavy atom. The van der Waals surface area contributed by atoms with E-state index < -0.39 is 16.1 Å². The molecule has 1 amide bonds. The average Bonchev–Trinajstić information content (AvgIpc) is 3.22. The van der Waals surface area contributed by atoms with Crippen molar-refractivity contribution in [2.45, 2.75) is 23.7 Å². The van der Waals surface area contributed by atoms with Gasteiger partial charge in [-0.1, -0.05) is 48.6 Å². The molecule has 0 radical (unpaired) electrons. The first kappa shape index (κ1) is 20.9. The summed E-state index contributed by atoms with van der Waals surface area (Å²) in [6.07, 6.45) is 0.544. The fraction of sp³-hybridized carbons (Fsp3) is 0.211. The monoisotopic (exact) mass is 432 g/mol. The summed E-state index contributed by atoms with van der Waals surface area (Å²) in [5, 5.41) is 10.2. The molecule has 0 aliphatic heterocycles. The number of anilines is 1. The number of hydrogen-bond acceptors (Lipinski definition) is 7. The molecule has 0 aliphatic rings. The van der Waals surface area contributed by atoms with Crippen molar-refractivity contribution < 1.29 is 17.9 Å². The lowest BCUT2D eigenvalue weighted by molar-refractivity contribution is 0.102. The lowest BCUT2D eigenvalue weighted by Crippen LogP contribution is -2.28. The maximum absolute atomic E-state index is 12.7. The van der Waals surface area contributed by atoms with Crippen molar-refractivity contribution >= 4 is 32.4 Å². The van der Waals surface area contributed by atoms with E-state index in [-0.39, 0.29) is 15.4 Å². The van der Waals surface area contributed by atoms with Crippen LogP contribution >= 0.6 is 11.3 Å². The van der Waals surface area contributed by atoms with E-state index in [0.29, 0.717) is 17.7 Å². The molecule has 0 aliphatic carbocycles. The number of carbonyl (C=O) groups is 1. The Morgan fingerprint density at radius 3 is 2.41 bits per heavy atom. The van der Waals surface area contributed by atoms with Gasteiger partial charge in [-0.25, -0.2) is 13.1 Å². The number of rotatable bonds is 8. The first-order valence-electron chi connectivity index (χ1n) is 8.79. The number of sulfonamides is 1. The summed E-state index contributed by atoms with van der Waals surface area (Å²) >= 11 is 0.792. The van der Waals surface area contributed by atoms with E-state index in [1.165, 1.54) is 0 Å². The zero-order valence-corrected chi connectivity index (χ0v) is 17.5. The van der Waals surface area contributed by atoms with E-state index in [1.807, 2.05) is 6.92 Å². The summed E-state index contributed by atoms with van der Waals surface area (Å²) in [7, 11) is -2.33. The maximum atomic E-state index is 12.7. The maximum Gasteiger partial charge on any atom is 0.270 e. The summed E-state index contributed by atoms with van der Waals surface area (Å²) in [5.41, 5.74) is 1.25. The van der Waals surface area contributed by atoms with Crippen molar-refractivity contribution in [3.63, 3.8) is 0 Å². The van der Waals surface area contributed by atoms with Crippen LogP contribution in [0.3, 0.4) is 0 Å². The largest absolute Gasteiger partial charge is 0.497 e. The second kappa shape index (κ2) is 9.12. The van der Waals surface area contributed by atoms with Gasteiger partial charge in [0.2, 0.25) is 9.47 Å². The molecular weight excluding hydrogens is 412 g/mol. The summed E-state index contributed by atoms with van der Waals surface area (Å²) in [5.74, 6) is 0.303. The highest BCUT2D eigenvalue weighted by molar-refractivity contribution is 7.91. The highest BCUT2D eigenvalue weighted by atomic mass is 32.2. The molecule has 0 fully saturated rings. The van der Waals surface area contributed by atoms with Crippen molar-refractivity contribution in [2.24, 2.45) is 0 Å². The van der Waals surface area contributed by atoms with Crippen LogP contribution in [0.1, 0.15) is 35.3 Å². The van der Waals surface area contributed by atoms with Gasteiger partial charge in [0.15, 0.2) is 0 Å². The predicted octanol–water partition coefficient (Wildman–Crippen LogP) is 3.23. The molecule has 2 N–H and O–H groups in total. The topological polar surface area (TPSA) is 110 Å². The van der Waals surface area contributed by atoms with E-state index in [1.54, 1.807) is 61.7 Å². The minimum absolute atomic E-state index is 0.108. The highest BCUT2D eigenvalue weighted by Gasteiger charge is 2.25. The number of methoxy groups -OCH3 is 1. The fourth-order valence-electron chi connectivity index (χ4n) is 2.59. The van der Waals surface area contributed by atoms with Crippen LogP contribution in [-0.2, 0) is 10.0 Å². The second-order valence-corrected chi connectivity index (χ2v) is 8.91. The molecule has 0 spiro atoms. The van der Waals surface area contributed by atoms with E-state index in [0.717, 1.165) is 16.9 Å². The SMILES string of the molecule is CCC(NS(=O)(=O)c1nnc(NC(=O)c2ccccc2)s1)c1ccc(OC)cc1. The molecule has 152 valence electrons. The van der Waals surface area contributed by atoms with Crippen molar-refractivity contribution in [1.29, 1.82) is 0 Å². The van der Waals surface area contributed by atoms with Gasteiger partial charge in [0.25, 0.3) is 15.9 Å². The average molecular weight is 433 g/mol. The molecule has 3 aromatic rings. The molecule has 8 nitrogen and oxygen atoms in total. The number of nitrogens with one attached hydrogen (secondary N) is 2. The smallest absolute Gasteiger partial charge is 0.270 e. The number of carbonyl (C=O) groups excluding carboxylic acids is 1. The normalized spacial score (nSPS) is 12.3. The predicted molar refractivity (Wildman–Crippen MR) is 111 cm³/mol. The van der Waals surface area contributed by atoms with E-state index >= 15 is 0 Å². The fourth-order valence-corrected chi connectivity index (χ4v) is 4.81. The van der Waals surface area contributed by atoms with Crippen molar-refractivity contribution in [3.8, 4) is 5.75 Å². The molecule has 1 unspecified atom stereocenters. The van der Waals surface area contributed by atoms with Gasteiger partial charge in [0.05, 0.1) is 7.11 Å². The second-order valence-electron chi connectivity index (χ2n) is 6.05. The van der Waals surface area contributed by atoms with Crippen LogP contribution in [0.5, 0.6) is 5.75 Å². The van der Waals surface area contributed by atoms with Crippen LogP contribution in [0.25, 0.3) is 0 Å². The Bertz CT molecular complexity index is 1070. The first-order chi connectivity index (χ1) is 13.9. The van der Waals surface area contributed by atoms with Gasteiger partial charge in [-0.15, -0.1) is 10.2 Å². The van der Waals surface area contributed by atoms with Crippen molar-refractivity contribution in [2.75, 3.05) is 12.4 Å². The first-order valence-corrected chi connectivity index (χ1v) is 11.1. The van der Waals surface area contributed by atoms with Crippen LogP contribution in [0, 0.1) is 0 Å². The van der Waals surface area contributed by atoms with Gasteiger partial charge in [0, 0.05) is 11.6 Å². The van der Waals surface area contributed by atoms with Gasteiger partial charge < -0.3 is 4.74 Å². The number of amides is 1. The summed E-state index contributed by atoms with van der Waals surface area (Å²) < 4.78 is 33.0. The molecule has 3 rings (SSSR count). The highest BCUT2D eigenvalue weighted by Crippen LogP contribution is 2.25. The third kappa shape index (κ3) is 5.17. The molecule has 1 aromatic heterocycles. The number of aromatic nitrogens is 2. The lowest BCUT2D eigenvalue weighted by atomic mass is 10.1. The van der Waals surface area contributed by atoms with Crippen molar-refractivity contribution in [3.05, 3.63) is 65.7 Å². The van der Waals surface area contributed by atoms with E-state index in [2.05, 4.69) is 20.2 Å². The molecule has 2 aromatic carbocycles. The minimum Gasteiger partial charge on any atom is -0.497 e. The molecule has 0 saturated heterocycles. The number of ether oxygens (including phenoxy) is 1. The third-order valence-electron chi connectivity index (χ3n) is 4.12. The molecular formula is C19H20N4O4S2. The Balaban J connectivity index is 1.72. The number of benzene rings is 2. The molecule has 0 saturated carbocycles. The van der Waals surface area contributed by atoms with E-state index in [9.17, 15) is 13.2 Å². The summed E-state index contributed by atoms with van der Waals surface area (Å²) in [4.78, 5) is 12.2. The Kier molecular flexibility index (Phi) is 6.57. The van der Waals surface area contributed by atoms with Gasteiger partial charge >= 0.3 is 0 Å². The van der Waals surface area contributed by atoms with Gasteiger partial charge in [0.1, 0.15) is 5.75 Å². The Morgan fingerprint density at radius 1 is 1.10 bits per heavy atom. The third-order valence-corrected chi connectivity index (χ3v) is 6.79. The van der Waals surface area contributed by atoms with E-state index in [4.69, 9.17) is 4.74 Å². The molecule has 1 atom stereocenters. The Hall–Kier alpha value is -2.82. The minimum atomic E-state index is -3.90. The standard InChI is InChI=1S/C19H20N4O4S2/c1-3-16(13-9-11-15(27-2)12-10-13)23-29(25,26)19-22-21-18(28-19)20-17(24)14-7-5-4-6-8-14/h4-12,16,23H,3H2,1-2H3,(H,20,21,24). The van der Waals surface area contributed by atoms with Crippen LogP contribution in [0.2, 0.25) is 0 Å². The molecule has 0 bridgehead atoms. The van der Waals surface area contributed by atoms with Crippen molar-refractivity contribution in [1.82, 2.24) is 14.9 Å².